The van der Waals surface area contributed by atoms with E-state index in [0.717, 1.165) is 19.5 Å². The summed E-state index contributed by atoms with van der Waals surface area (Å²) in [5.74, 6) is 0.304. The zero-order chi connectivity index (χ0) is 15.1. The van der Waals surface area contributed by atoms with Crippen LogP contribution in [0.4, 0.5) is 0 Å². The van der Waals surface area contributed by atoms with E-state index in [4.69, 9.17) is 0 Å². The lowest BCUT2D eigenvalue weighted by Gasteiger charge is -2.20. The van der Waals surface area contributed by atoms with Crippen molar-refractivity contribution in [2.24, 2.45) is 0 Å². The minimum absolute atomic E-state index is 0.161. The molecule has 0 aliphatic carbocycles. The molecule has 0 heterocycles. The van der Waals surface area contributed by atoms with Gasteiger partial charge in [-0.05, 0) is 56.9 Å². The molecule has 3 nitrogen and oxygen atoms in total. The van der Waals surface area contributed by atoms with Gasteiger partial charge in [0.05, 0.1) is 6.04 Å². The maximum Gasteiger partial charge on any atom is 0.115 e. The van der Waals surface area contributed by atoms with Crippen molar-refractivity contribution in [3.63, 3.8) is 0 Å². The molecule has 0 amide bonds. The number of hydrogen-bond donors (Lipinski definition) is 2. The average Bonchev–Trinajstić information content (AvgIpc) is 2.49. The maximum atomic E-state index is 9.46. The summed E-state index contributed by atoms with van der Waals surface area (Å²) in [6, 6.07) is 18.0. The lowest BCUT2D eigenvalue weighted by Crippen LogP contribution is -2.26. The van der Waals surface area contributed by atoms with Crippen LogP contribution in [0.1, 0.15) is 23.6 Å². The highest BCUT2D eigenvalue weighted by Gasteiger charge is 2.12. The molecule has 0 aliphatic rings. The fourth-order valence-corrected chi connectivity index (χ4v) is 2.38. The SMILES string of the molecule is CN(C)CCCNC(c1ccccc1)c1ccc(O)cc1. The highest BCUT2D eigenvalue weighted by molar-refractivity contribution is 5.34. The van der Waals surface area contributed by atoms with Crippen molar-refractivity contribution in [3.05, 3.63) is 65.7 Å². The van der Waals surface area contributed by atoms with E-state index in [0.29, 0.717) is 5.75 Å². The first-order valence-corrected chi connectivity index (χ1v) is 7.39. The van der Waals surface area contributed by atoms with Gasteiger partial charge in [0.2, 0.25) is 0 Å². The summed E-state index contributed by atoms with van der Waals surface area (Å²) < 4.78 is 0. The molecule has 0 aliphatic heterocycles. The molecule has 2 N–H and O–H groups in total. The molecular weight excluding hydrogens is 260 g/mol. The summed E-state index contributed by atoms with van der Waals surface area (Å²) in [6.07, 6.45) is 1.11. The van der Waals surface area contributed by atoms with E-state index in [1.54, 1.807) is 12.1 Å². The third-order valence-electron chi connectivity index (χ3n) is 3.49. The van der Waals surface area contributed by atoms with Crippen LogP contribution in [0.25, 0.3) is 0 Å². The predicted octanol–water partition coefficient (Wildman–Crippen LogP) is 3.02. The molecule has 0 saturated carbocycles. The zero-order valence-corrected chi connectivity index (χ0v) is 12.8. The van der Waals surface area contributed by atoms with Crippen molar-refractivity contribution < 1.29 is 5.11 Å². The van der Waals surface area contributed by atoms with Crippen LogP contribution in [-0.2, 0) is 0 Å². The first kappa shape index (κ1) is 15.5. The lowest BCUT2D eigenvalue weighted by molar-refractivity contribution is 0.391. The molecular formula is C18H24N2O. The monoisotopic (exact) mass is 284 g/mol. The predicted molar refractivity (Wildman–Crippen MR) is 87.6 cm³/mol. The second-order valence-electron chi connectivity index (χ2n) is 5.55. The van der Waals surface area contributed by atoms with Gasteiger partial charge in [-0.2, -0.15) is 0 Å². The maximum absolute atomic E-state index is 9.46. The minimum Gasteiger partial charge on any atom is -0.508 e. The Morgan fingerprint density at radius 1 is 0.952 bits per heavy atom. The minimum atomic E-state index is 0.161. The van der Waals surface area contributed by atoms with Gasteiger partial charge >= 0.3 is 0 Å². The molecule has 0 aromatic heterocycles. The molecule has 1 atom stereocenters. The Morgan fingerprint density at radius 2 is 1.57 bits per heavy atom. The van der Waals surface area contributed by atoms with E-state index >= 15 is 0 Å². The van der Waals surface area contributed by atoms with Gasteiger partial charge in [0.1, 0.15) is 5.75 Å². The molecule has 2 aromatic rings. The van der Waals surface area contributed by atoms with Crippen molar-refractivity contribution in [2.75, 3.05) is 27.2 Å². The number of nitrogens with zero attached hydrogens (tertiary/aromatic N) is 1. The summed E-state index contributed by atoms with van der Waals surface area (Å²) in [7, 11) is 4.18. The standard InChI is InChI=1S/C18H24N2O/c1-20(2)14-6-13-19-18(15-7-4-3-5-8-15)16-9-11-17(21)12-10-16/h3-5,7-12,18-19,21H,6,13-14H2,1-2H3. The third kappa shape index (κ3) is 4.88. The van der Waals surface area contributed by atoms with Crippen LogP contribution >= 0.6 is 0 Å². The largest absolute Gasteiger partial charge is 0.508 e. The normalized spacial score (nSPS) is 12.5. The van der Waals surface area contributed by atoms with Gasteiger partial charge in [-0.25, -0.2) is 0 Å². The van der Waals surface area contributed by atoms with Gasteiger partial charge in [0.15, 0.2) is 0 Å². The summed E-state index contributed by atoms with van der Waals surface area (Å²) in [4.78, 5) is 2.19. The van der Waals surface area contributed by atoms with Crippen LogP contribution in [0.5, 0.6) is 5.75 Å². The van der Waals surface area contributed by atoms with Crippen LogP contribution < -0.4 is 5.32 Å². The first-order valence-electron chi connectivity index (χ1n) is 7.39. The van der Waals surface area contributed by atoms with Crippen molar-refractivity contribution in [1.82, 2.24) is 10.2 Å². The first-order chi connectivity index (χ1) is 10.2. The zero-order valence-electron chi connectivity index (χ0n) is 12.8. The van der Waals surface area contributed by atoms with Gasteiger partial charge in [-0.1, -0.05) is 42.5 Å². The number of benzene rings is 2. The van der Waals surface area contributed by atoms with E-state index in [9.17, 15) is 5.11 Å². The third-order valence-corrected chi connectivity index (χ3v) is 3.49. The van der Waals surface area contributed by atoms with Crippen LogP contribution in [0.15, 0.2) is 54.6 Å². The molecule has 21 heavy (non-hydrogen) atoms. The second kappa shape index (κ2) is 7.81. The molecule has 112 valence electrons. The van der Waals surface area contributed by atoms with E-state index in [2.05, 4.69) is 48.6 Å². The summed E-state index contributed by atoms with van der Waals surface area (Å²) in [5.41, 5.74) is 2.41. The molecule has 1 unspecified atom stereocenters. The van der Waals surface area contributed by atoms with E-state index in [-0.39, 0.29) is 6.04 Å². The number of rotatable bonds is 7. The Morgan fingerprint density at radius 3 is 2.19 bits per heavy atom. The molecule has 0 spiro atoms. The number of phenols is 1. The molecule has 2 aromatic carbocycles. The fraction of sp³-hybridized carbons (Fsp3) is 0.333. The van der Waals surface area contributed by atoms with E-state index < -0.39 is 0 Å². The van der Waals surface area contributed by atoms with Gasteiger partial charge in [0.25, 0.3) is 0 Å². The summed E-state index contributed by atoms with van der Waals surface area (Å²) >= 11 is 0. The van der Waals surface area contributed by atoms with Crippen LogP contribution in [0.3, 0.4) is 0 Å². The van der Waals surface area contributed by atoms with Crippen LogP contribution in [-0.4, -0.2) is 37.2 Å². The molecule has 0 fully saturated rings. The average molecular weight is 284 g/mol. The number of hydrogen-bond acceptors (Lipinski definition) is 3. The Labute approximate surface area is 127 Å². The Balaban J connectivity index is 2.09. The highest BCUT2D eigenvalue weighted by Crippen LogP contribution is 2.23. The number of aromatic hydroxyl groups is 1. The van der Waals surface area contributed by atoms with Gasteiger partial charge in [-0.3, -0.25) is 0 Å². The number of nitrogens with one attached hydrogen (secondary N) is 1. The molecule has 0 bridgehead atoms. The smallest absolute Gasteiger partial charge is 0.115 e. The second-order valence-corrected chi connectivity index (χ2v) is 5.55. The Kier molecular flexibility index (Phi) is 5.78. The Bertz CT molecular complexity index is 523. The van der Waals surface area contributed by atoms with Gasteiger partial charge in [-0.15, -0.1) is 0 Å². The van der Waals surface area contributed by atoms with Crippen molar-refractivity contribution in [1.29, 1.82) is 0 Å². The molecule has 2 rings (SSSR count). The summed E-state index contributed by atoms with van der Waals surface area (Å²) in [5, 5.41) is 13.1. The highest BCUT2D eigenvalue weighted by atomic mass is 16.3. The molecule has 0 saturated heterocycles. The van der Waals surface area contributed by atoms with Crippen molar-refractivity contribution in [3.8, 4) is 5.75 Å². The van der Waals surface area contributed by atoms with Gasteiger partial charge in [0, 0.05) is 0 Å². The van der Waals surface area contributed by atoms with E-state index in [1.807, 2.05) is 18.2 Å². The Hall–Kier alpha value is -1.84. The number of phenolic OH excluding ortho intramolecular Hbond substituents is 1. The quantitative estimate of drug-likeness (QED) is 0.767. The van der Waals surface area contributed by atoms with Gasteiger partial charge < -0.3 is 15.3 Å². The lowest BCUT2D eigenvalue weighted by atomic mass is 9.98. The summed E-state index contributed by atoms with van der Waals surface area (Å²) in [6.45, 7) is 2.03. The van der Waals surface area contributed by atoms with Crippen LogP contribution in [0.2, 0.25) is 0 Å². The molecule has 0 radical (unpaired) electrons. The van der Waals surface area contributed by atoms with E-state index in [1.165, 1.54) is 11.1 Å². The van der Waals surface area contributed by atoms with Crippen molar-refractivity contribution in [2.45, 2.75) is 12.5 Å². The van der Waals surface area contributed by atoms with Crippen molar-refractivity contribution >= 4 is 0 Å². The van der Waals surface area contributed by atoms with Crippen LogP contribution in [0, 0.1) is 0 Å². The fourth-order valence-electron chi connectivity index (χ4n) is 2.38. The molecule has 3 heteroatoms. The topological polar surface area (TPSA) is 35.5 Å².